The Morgan fingerprint density at radius 3 is 2.84 bits per heavy atom. The molecule has 4 aromatic rings. The van der Waals surface area contributed by atoms with Crippen molar-refractivity contribution in [2.75, 3.05) is 0 Å². The lowest BCUT2D eigenvalue weighted by molar-refractivity contribution is 0.0402. The molecule has 1 aliphatic rings. The van der Waals surface area contributed by atoms with E-state index in [1.165, 1.54) is 6.20 Å². The van der Waals surface area contributed by atoms with Gasteiger partial charge in [0.1, 0.15) is 27.4 Å². The molecule has 0 unspecified atom stereocenters. The van der Waals surface area contributed by atoms with E-state index in [2.05, 4.69) is 44.8 Å². The fraction of sp³-hybridized carbons (Fsp3) is 0.385. The molecule has 37 heavy (non-hydrogen) atoms. The number of rotatable bonds is 6. The molecule has 0 bridgehead atoms. The fourth-order valence-electron chi connectivity index (χ4n) is 4.89. The highest BCUT2D eigenvalue weighted by atomic mass is 35.5. The predicted molar refractivity (Wildman–Crippen MR) is 141 cm³/mol. The van der Waals surface area contributed by atoms with Crippen molar-refractivity contribution in [2.24, 2.45) is 5.92 Å². The first-order valence-electron chi connectivity index (χ1n) is 12.2. The van der Waals surface area contributed by atoms with Crippen LogP contribution in [0, 0.1) is 17.2 Å². The summed E-state index contributed by atoms with van der Waals surface area (Å²) in [6, 6.07) is 8.51. The third-order valence-electron chi connectivity index (χ3n) is 6.51. The maximum absolute atomic E-state index is 12.8. The van der Waals surface area contributed by atoms with Gasteiger partial charge < -0.3 is 15.0 Å². The normalized spacial score (nSPS) is 19.7. The van der Waals surface area contributed by atoms with Gasteiger partial charge in [0, 0.05) is 6.42 Å². The minimum Gasteiger partial charge on any atom is -0.389 e. The highest BCUT2D eigenvalue weighted by Crippen LogP contribution is 2.35. The summed E-state index contributed by atoms with van der Waals surface area (Å²) in [5, 5.41) is 24.0. The Labute approximate surface area is 223 Å². The number of nitrogens with zero attached hydrogens (tertiary/aromatic N) is 6. The van der Waals surface area contributed by atoms with Crippen LogP contribution in [-0.2, 0) is 6.42 Å². The molecule has 2 N–H and O–H groups in total. The summed E-state index contributed by atoms with van der Waals surface area (Å²) in [6.07, 6.45) is 5.29. The fourth-order valence-corrected chi connectivity index (χ4v) is 5.71. The molecule has 9 nitrogen and oxygen atoms in total. The summed E-state index contributed by atoms with van der Waals surface area (Å²) >= 11 is 7.06. The summed E-state index contributed by atoms with van der Waals surface area (Å²) < 4.78 is 2.55. The maximum Gasteiger partial charge on any atom is 0.280 e. The van der Waals surface area contributed by atoms with Gasteiger partial charge in [0.05, 0.1) is 47.5 Å². The molecule has 1 aliphatic carbocycles. The third-order valence-corrected chi connectivity index (χ3v) is 7.62. The summed E-state index contributed by atoms with van der Waals surface area (Å²) in [6.45, 7) is 4.26. The predicted octanol–water partition coefficient (Wildman–Crippen LogP) is 4.56. The van der Waals surface area contributed by atoms with Crippen molar-refractivity contribution in [2.45, 2.75) is 57.7 Å². The summed E-state index contributed by atoms with van der Waals surface area (Å²) in [5.74, 6) is 0.877. The average Bonchev–Trinajstić information content (AvgIpc) is 3.47. The number of nitriles is 1. The Hall–Kier alpha value is -3.39. The Bertz CT molecular complexity index is 1490. The quantitative estimate of drug-likeness (QED) is 0.370. The highest BCUT2D eigenvalue weighted by molar-refractivity contribution is 7.17. The molecule has 3 atom stereocenters. The average molecular weight is 536 g/mol. The molecule has 190 valence electrons. The summed E-state index contributed by atoms with van der Waals surface area (Å²) in [5.41, 5.74) is 3.10. The van der Waals surface area contributed by atoms with Crippen LogP contribution < -0.4 is 5.32 Å². The number of aliphatic hydroxyl groups is 1. The number of hydrogen-bond acceptors (Lipinski definition) is 8. The van der Waals surface area contributed by atoms with Gasteiger partial charge in [0.25, 0.3) is 5.91 Å². The van der Waals surface area contributed by atoms with Crippen LogP contribution in [0.2, 0.25) is 4.34 Å². The molecule has 1 fully saturated rings. The van der Waals surface area contributed by atoms with E-state index in [4.69, 9.17) is 16.6 Å². The molecule has 4 heterocycles. The first-order chi connectivity index (χ1) is 17.8. The topological polar surface area (TPSA) is 130 Å². The number of thiazole rings is 1. The van der Waals surface area contributed by atoms with Crippen LogP contribution in [0.1, 0.15) is 60.5 Å². The molecule has 1 saturated carbocycles. The zero-order valence-electron chi connectivity index (χ0n) is 20.4. The largest absolute Gasteiger partial charge is 0.389 e. The number of nitrogens with one attached hydrogen (secondary N) is 1. The molecule has 11 heteroatoms. The molecular weight excluding hydrogens is 510 g/mol. The second kappa shape index (κ2) is 10.5. The number of halogens is 1. The van der Waals surface area contributed by atoms with Crippen molar-refractivity contribution in [3.8, 4) is 17.5 Å². The number of hydrogen-bond donors (Lipinski definition) is 2. The second-order valence-corrected chi connectivity index (χ2v) is 11.3. The number of carbonyl (C=O) groups excluding carboxylic acids is 1. The maximum atomic E-state index is 12.8. The number of pyridine rings is 2. The van der Waals surface area contributed by atoms with E-state index in [1.54, 1.807) is 18.3 Å². The van der Waals surface area contributed by atoms with E-state index in [0.29, 0.717) is 33.8 Å². The summed E-state index contributed by atoms with van der Waals surface area (Å²) in [7, 11) is 0. The smallest absolute Gasteiger partial charge is 0.280 e. The number of carbonyl (C=O) groups is 1. The van der Waals surface area contributed by atoms with Crippen LogP contribution in [0.4, 0.5) is 0 Å². The van der Waals surface area contributed by atoms with E-state index < -0.39 is 12.1 Å². The highest BCUT2D eigenvalue weighted by Gasteiger charge is 2.36. The Kier molecular flexibility index (Phi) is 7.20. The first-order valence-corrected chi connectivity index (χ1v) is 13.4. The summed E-state index contributed by atoms with van der Waals surface area (Å²) in [4.78, 5) is 30.6. The van der Waals surface area contributed by atoms with Gasteiger partial charge in [-0.05, 0) is 43.4 Å². The van der Waals surface area contributed by atoms with E-state index in [-0.39, 0.29) is 17.0 Å². The SMILES string of the molecule is CC(C)Cc1nc2cnc(-c3cccc(C#N)n3)cc2n1[C@H]1CCC[C@@H](NC(=O)c2ncc(Cl)s2)[C@@H]1O. The van der Waals surface area contributed by atoms with Crippen molar-refractivity contribution >= 4 is 39.9 Å². The van der Waals surface area contributed by atoms with Gasteiger partial charge in [-0.1, -0.05) is 42.9 Å². The van der Waals surface area contributed by atoms with Crippen molar-refractivity contribution in [3.05, 3.63) is 57.5 Å². The van der Waals surface area contributed by atoms with Crippen LogP contribution in [-0.4, -0.2) is 47.7 Å². The molecule has 4 aromatic heterocycles. The second-order valence-electron chi connectivity index (χ2n) is 9.61. The number of aliphatic hydroxyl groups excluding tert-OH is 1. The van der Waals surface area contributed by atoms with Gasteiger partial charge in [-0.2, -0.15) is 5.26 Å². The van der Waals surface area contributed by atoms with E-state index in [9.17, 15) is 15.2 Å². The van der Waals surface area contributed by atoms with Crippen LogP contribution in [0.3, 0.4) is 0 Å². The molecule has 0 aliphatic heterocycles. The molecule has 0 saturated heterocycles. The number of imidazole rings is 1. The molecule has 1 amide bonds. The van der Waals surface area contributed by atoms with Crippen LogP contribution in [0.5, 0.6) is 0 Å². The number of amides is 1. The van der Waals surface area contributed by atoms with Crippen LogP contribution >= 0.6 is 22.9 Å². The van der Waals surface area contributed by atoms with Gasteiger partial charge in [0.2, 0.25) is 0 Å². The minimum atomic E-state index is -0.826. The number of aromatic nitrogens is 5. The van der Waals surface area contributed by atoms with E-state index in [0.717, 1.165) is 47.5 Å². The molecule has 0 spiro atoms. The lowest BCUT2D eigenvalue weighted by atomic mass is 9.87. The monoisotopic (exact) mass is 535 g/mol. The third kappa shape index (κ3) is 5.21. The lowest BCUT2D eigenvalue weighted by Gasteiger charge is -2.37. The number of fused-ring (bicyclic) bond motifs is 1. The Morgan fingerprint density at radius 1 is 1.27 bits per heavy atom. The van der Waals surface area contributed by atoms with Crippen molar-refractivity contribution in [1.29, 1.82) is 5.26 Å². The van der Waals surface area contributed by atoms with Crippen molar-refractivity contribution in [1.82, 2.24) is 29.8 Å². The van der Waals surface area contributed by atoms with Gasteiger partial charge in [-0.15, -0.1) is 0 Å². The molecule has 0 aromatic carbocycles. The standard InChI is InChI=1S/C26H26ClN7O2S/c1-14(2)9-23-32-19-12-29-18(16-6-3-5-15(11-28)31-16)10-21(19)34(23)20-8-4-7-17(24(20)35)33-25(36)26-30-13-22(27)37-26/h3,5-6,10,12-14,17,20,24,35H,4,7-9H2,1-2H3,(H,33,36)/t17-,20+,24+/m1/s1. The lowest BCUT2D eigenvalue weighted by Crippen LogP contribution is -2.49. The first kappa shape index (κ1) is 25.3. The molecule has 5 rings (SSSR count). The van der Waals surface area contributed by atoms with E-state index in [1.807, 2.05) is 12.1 Å². The molecule has 0 radical (unpaired) electrons. The van der Waals surface area contributed by atoms with Crippen LogP contribution in [0.25, 0.3) is 22.4 Å². The minimum absolute atomic E-state index is 0.274. The Morgan fingerprint density at radius 2 is 2.11 bits per heavy atom. The van der Waals surface area contributed by atoms with Crippen LogP contribution in [0.15, 0.2) is 36.7 Å². The van der Waals surface area contributed by atoms with Gasteiger partial charge in [-0.3, -0.25) is 9.78 Å². The van der Waals surface area contributed by atoms with Gasteiger partial charge in [0.15, 0.2) is 5.01 Å². The van der Waals surface area contributed by atoms with Crippen molar-refractivity contribution < 1.29 is 9.90 Å². The zero-order valence-corrected chi connectivity index (χ0v) is 22.0. The van der Waals surface area contributed by atoms with Crippen molar-refractivity contribution in [3.63, 3.8) is 0 Å². The zero-order chi connectivity index (χ0) is 26.1. The van der Waals surface area contributed by atoms with Gasteiger partial charge in [-0.25, -0.2) is 15.0 Å². The Balaban J connectivity index is 1.52. The molecular formula is C26H26ClN7O2S. The van der Waals surface area contributed by atoms with Gasteiger partial charge >= 0.3 is 0 Å². The van der Waals surface area contributed by atoms with E-state index >= 15 is 0 Å².